The Morgan fingerprint density at radius 1 is 1.28 bits per heavy atom. The molecule has 0 unspecified atom stereocenters. The highest BCUT2D eigenvalue weighted by molar-refractivity contribution is 7.98. The van der Waals surface area contributed by atoms with E-state index in [-0.39, 0.29) is 5.97 Å². The van der Waals surface area contributed by atoms with Crippen LogP contribution in [0.15, 0.2) is 41.3 Å². The maximum atomic E-state index is 11.8. The van der Waals surface area contributed by atoms with E-state index in [1.54, 1.807) is 11.8 Å². The number of carbonyl (C=O) groups excluding carboxylic acids is 1. The average Bonchev–Trinajstić information content (AvgIpc) is 2.27. The molecule has 18 heavy (non-hydrogen) atoms. The molecule has 0 saturated carbocycles. The Labute approximate surface area is 113 Å². The molecule has 3 heteroatoms. The van der Waals surface area contributed by atoms with Crippen molar-refractivity contribution >= 4 is 17.7 Å². The quantitative estimate of drug-likeness (QED) is 0.469. The number of hydrogen-bond donors (Lipinski definition) is 0. The summed E-state index contributed by atoms with van der Waals surface area (Å²) in [6.07, 6.45) is 2.57. The summed E-state index contributed by atoms with van der Waals surface area (Å²) in [7, 11) is 0. The van der Waals surface area contributed by atoms with Gasteiger partial charge in [0.05, 0.1) is 0 Å². The largest absolute Gasteiger partial charge is 0.457 e. The van der Waals surface area contributed by atoms with E-state index in [0.717, 1.165) is 5.56 Å². The molecule has 1 aromatic rings. The van der Waals surface area contributed by atoms with E-state index in [1.807, 2.05) is 51.3 Å². The molecule has 0 atom stereocenters. The van der Waals surface area contributed by atoms with Crippen molar-refractivity contribution in [1.29, 1.82) is 0 Å². The molecule has 0 fully saturated rings. The second-order valence-corrected chi connectivity index (χ2v) is 6.01. The lowest BCUT2D eigenvalue weighted by Gasteiger charge is -2.20. The lowest BCUT2D eigenvalue weighted by atomic mass is 10.1. The summed E-state index contributed by atoms with van der Waals surface area (Å²) in [5.41, 5.74) is 1.09. The molecule has 1 rings (SSSR count). The number of carbonyl (C=O) groups is 1. The summed E-state index contributed by atoms with van der Waals surface area (Å²) in [4.78, 5) is 13.0. The minimum Gasteiger partial charge on any atom is -0.457 e. The normalized spacial score (nSPS) is 11.1. The Hall–Kier alpha value is -1.22. The fraction of sp³-hybridized carbons (Fsp3) is 0.400. The molecule has 0 saturated heterocycles. The molecule has 0 aliphatic heterocycles. The van der Waals surface area contributed by atoms with Gasteiger partial charge in [0.25, 0.3) is 0 Å². The summed E-state index contributed by atoms with van der Waals surface area (Å²) in [6.45, 7) is 9.35. The number of hydrogen-bond acceptors (Lipinski definition) is 3. The van der Waals surface area contributed by atoms with Crippen LogP contribution in [-0.4, -0.2) is 17.8 Å². The molecule has 0 bridgehead atoms. The van der Waals surface area contributed by atoms with Crippen molar-refractivity contribution in [1.82, 2.24) is 0 Å². The molecular formula is C15H20O2S. The van der Waals surface area contributed by atoms with E-state index < -0.39 is 5.60 Å². The van der Waals surface area contributed by atoms with Gasteiger partial charge in [0.15, 0.2) is 0 Å². The van der Waals surface area contributed by atoms with Crippen molar-refractivity contribution in [2.24, 2.45) is 0 Å². The third-order valence-corrected chi connectivity index (χ3v) is 3.01. The SMILES string of the molecule is C=C(Cc1ccc(SC)cc1)C(=O)OC(C)(C)C. The molecule has 0 aliphatic carbocycles. The van der Waals surface area contributed by atoms with Crippen LogP contribution < -0.4 is 0 Å². The molecule has 0 amide bonds. The molecule has 0 heterocycles. The Bertz CT molecular complexity index is 427. The second kappa shape index (κ2) is 6.10. The van der Waals surface area contributed by atoms with E-state index in [9.17, 15) is 4.79 Å². The van der Waals surface area contributed by atoms with Gasteiger partial charge >= 0.3 is 5.97 Å². The first-order valence-corrected chi connectivity index (χ1v) is 7.08. The molecule has 0 aliphatic rings. The van der Waals surface area contributed by atoms with E-state index in [0.29, 0.717) is 12.0 Å². The first-order valence-electron chi connectivity index (χ1n) is 5.86. The minimum absolute atomic E-state index is 0.323. The highest BCUT2D eigenvalue weighted by Gasteiger charge is 2.18. The fourth-order valence-corrected chi connectivity index (χ4v) is 1.82. The van der Waals surface area contributed by atoms with Crippen LogP contribution in [0.4, 0.5) is 0 Å². The van der Waals surface area contributed by atoms with Crippen molar-refractivity contribution in [3.8, 4) is 0 Å². The molecular weight excluding hydrogens is 244 g/mol. The zero-order valence-electron chi connectivity index (χ0n) is 11.4. The number of thioether (sulfide) groups is 1. The monoisotopic (exact) mass is 264 g/mol. The van der Waals surface area contributed by atoms with Gasteiger partial charge in [-0.05, 0) is 44.7 Å². The Balaban J connectivity index is 2.61. The van der Waals surface area contributed by atoms with Crippen molar-refractivity contribution in [2.45, 2.75) is 37.7 Å². The van der Waals surface area contributed by atoms with E-state index in [4.69, 9.17) is 4.74 Å². The summed E-state index contributed by atoms with van der Waals surface area (Å²) in [5, 5.41) is 0. The predicted molar refractivity (Wildman–Crippen MR) is 76.9 cm³/mol. The lowest BCUT2D eigenvalue weighted by molar-refractivity contribution is -0.149. The number of esters is 1. The number of ether oxygens (including phenoxy) is 1. The molecule has 0 radical (unpaired) electrons. The molecule has 2 nitrogen and oxygen atoms in total. The molecule has 1 aromatic carbocycles. The summed E-state index contributed by atoms with van der Waals surface area (Å²) in [6, 6.07) is 8.12. The number of benzene rings is 1. The second-order valence-electron chi connectivity index (χ2n) is 5.13. The van der Waals surface area contributed by atoms with Crippen LogP contribution in [-0.2, 0) is 16.0 Å². The van der Waals surface area contributed by atoms with E-state index in [1.165, 1.54) is 4.90 Å². The van der Waals surface area contributed by atoms with Gasteiger partial charge in [-0.2, -0.15) is 0 Å². The minimum atomic E-state index is -0.470. The van der Waals surface area contributed by atoms with Gasteiger partial charge in [-0.15, -0.1) is 11.8 Å². The van der Waals surface area contributed by atoms with Crippen LogP contribution in [0.2, 0.25) is 0 Å². The van der Waals surface area contributed by atoms with Crippen LogP contribution in [0.1, 0.15) is 26.3 Å². The van der Waals surface area contributed by atoms with Crippen molar-refractivity contribution < 1.29 is 9.53 Å². The zero-order chi connectivity index (χ0) is 13.8. The topological polar surface area (TPSA) is 26.3 Å². The van der Waals surface area contributed by atoms with Gasteiger partial charge in [-0.1, -0.05) is 18.7 Å². The maximum Gasteiger partial charge on any atom is 0.334 e. The third-order valence-electron chi connectivity index (χ3n) is 2.26. The van der Waals surface area contributed by atoms with E-state index >= 15 is 0 Å². The maximum absolute atomic E-state index is 11.8. The van der Waals surface area contributed by atoms with Crippen LogP contribution in [0.25, 0.3) is 0 Å². The predicted octanol–water partition coefficient (Wildman–Crippen LogP) is 3.85. The first kappa shape index (κ1) is 14.8. The Morgan fingerprint density at radius 3 is 2.28 bits per heavy atom. The molecule has 0 N–H and O–H groups in total. The van der Waals surface area contributed by atoms with Crippen LogP contribution in [0.5, 0.6) is 0 Å². The van der Waals surface area contributed by atoms with Gasteiger partial charge in [0, 0.05) is 16.9 Å². The van der Waals surface area contributed by atoms with Gasteiger partial charge in [0.2, 0.25) is 0 Å². The smallest absolute Gasteiger partial charge is 0.334 e. The highest BCUT2D eigenvalue weighted by atomic mass is 32.2. The van der Waals surface area contributed by atoms with Gasteiger partial charge in [0.1, 0.15) is 5.60 Å². The lowest BCUT2D eigenvalue weighted by Crippen LogP contribution is -2.25. The van der Waals surface area contributed by atoms with E-state index in [2.05, 4.69) is 6.58 Å². The molecule has 0 aromatic heterocycles. The highest BCUT2D eigenvalue weighted by Crippen LogP contribution is 2.17. The fourth-order valence-electron chi connectivity index (χ4n) is 1.41. The summed E-state index contributed by atoms with van der Waals surface area (Å²) in [5.74, 6) is -0.323. The van der Waals surface area contributed by atoms with Crippen LogP contribution in [0.3, 0.4) is 0 Å². The van der Waals surface area contributed by atoms with Crippen molar-refractivity contribution in [2.75, 3.05) is 6.26 Å². The molecule has 98 valence electrons. The Morgan fingerprint density at radius 2 is 1.83 bits per heavy atom. The Kier molecular flexibility index (Phi) is 5.03. The first-order chi connectivity index (χ1) is 8.31. The molecule has 0 spiro atoms. The third kappa shape index (κ3) is 4.96. The average molecular weight is 264 g/mol. The van der Waals surface area contributed by atoms with Crippen LogP contribution >= 0.6 is 11.8 Å². The summed E-state index contributed by atoms with van der Waals surface area (Å²) >= 11 is 1.70. The van der Waals surface area contributed by atoms with Gasteiger partial charge in [-0.25, -0.2) is 4.79 Å². The summed E-state index contributed by atoms with van der Waals surface area (Å²) < 4.78 is 5.27. The van der Waals surface area contributed by atoms with Crippen molar-refractivity contribution in [3.05, 3.63) is 42.0 Å². The number of rotatable bonds is 4. The zero-order valence-corrected chi connectivity index (χ0v) is 12.3. The standard InChI is InChI=1S/C15H20O2S/c1-11(14(16)17-15(2,3)4)10-12-6-8-13(18-5)9-7-12/h6-9H,1,10H2,2-5H3. The van der Waals surface area contributed by atoms with Gasteiger partial charge in [-0.3, -0.25) is 0 Å². The van der Waals surface area contributed by atoms with Crippen LogP contribution in [0, 0.1) is 0 Å². The van der Waals surface area contributed by atoms with Crippen molar-refractivity contribution in [3.63, 3.8) is 0 Å². The van der Waals surface area contributed by atoms with Gasteiger partial charge < -0.3 is 4.74 Å².